The van der Waals surface area contributed by atoms with Gasteiger partial charge < -0.3 is 5.32 Å². The molecule has 2 aromatic rings. The first-order valence-electron chi connectivity index (χ1n) is 8.36. The number of amides is 1. The van der Waals surface area contributed by atoms with Crippen LogP contribution in [0.1, 0.15) is 18.4 Å². The average molecular weight is 377 g/mol. The molecule has 1 aliphatic rings. The lowest BCUT2D eigenvalue weighted by atomic mass is 9.99. The molecule has 2 heterocycles. The fourth-order valence-electron chi connectivity index (χ4n) is 2.97. The summed E-state index contributed by atoms with van der Waals surface area (Å²) >= 11 is 0. The number of aryl methyl sites for hydroxylation is 1. The number of carbonyl (C=O) groups is 1. The van der Waals surface area contributed by atoms with E-state index in [1.54, 1.807) is 12.3 Å². The Balaban J connectivity index is 1.73. The number of benzene rings is 1. The molecule has 1 unspecified atom stereocenters. The summed E-state index contributed by atoms with van der Waals surface area (Å²) in [6.45, 7) is 2.28. The highest BCUT2D eigenvalue weighted by Crippen LogP contribution is 2.25. The first-order valence-corrected chi connectivity index (χ1v) is 9.80. The Labute approximate surface area is 152 Å². The highest BCUT2D eigenvalue weighted by molar-refractivity contribution is 7.89. The van der Waals surface area contributed by atoms with Gasteiger partial charge in [-0.1, -0.05) is 6.07 Å². The molecule has 0 bridgehead atoms. The molecular formula is C18H20FN3O3S. The van der Waals surface area contributed by atoms with Crippen molar-refractivity contribution >= 4 is 21.7 Å². The molecular weight excluding hydrogens is 357 g/mol. The highest BCUT2D eigenvalue weighted by Gasteiger charge is 2.33. The summed E-state index contributed by atoms with van der Waals surface area (Å²) in [5, 5.41) is 2.78. The molecule has 0 radical (unpaired) electrons. The van der Waals surface area contributed by atoms with Crippen LogP contribution >= 0.6 is 0 Å². The molecule has 8 heteroatoms. The van der Waals surface area contributed by atoms with E-state index in [2.05, 4.69) is 10.3 Å². The van der Waals surface area contributed by atoms with Gasteiger partial charge in [0, 0.05) is 19.3 Å². The Bertz CT molecular complexity index is 900. The van der Waals surface area contributed by atoms with E-state index >= 15 is 0 Å². The summed E-state index contributed by atoms with van der Waals surface area (Å²) in [6.07, 6.45) is 2.78. The summed E-state index contributed by atoms with van der Waals surface area (Å²) in [7, 11) is -3.76. The van der Waals surface area contributed by atoms with Crippen molar-refractivity contribution in [1.29, 1.82) is 0 Å². The largest absolute Gasteiger partial charge is 0.310 e. The highest BCUT2D eigenvalue weighted by atomic mass is 32.2. The van der Waals surface area contributed by atoms with E-state index in [9.17, 15) is 17.6 Å². The third-order valence-corrected chi connectivity index (χ3v) is 6.34. The van der Waals surface area contributed by atoms with Gasteiger partial charge in [0.15, 0.2) is 0 Å². The van der Waals surface area contributed by atoms with Crippen molar-refractivity contribution in [3.63, 3.8) is 0 Å². The van der Waals surface area contributed by atoms with Crippen LogP contribution < -0.4 is 5.32 Å². The van der Waals surface area contributed by atoms with Gasteiger partial charge >= 0.3 is 0 Å². The zero-order valence-electron chi connectivity index (χ0n) is 14.4. The first-order chi connectivity index (χ1) is 12.4. The second-order valence-electron chi connectivity index (χ2n) is 6.31. The lowest BCUT2D eigenvalue weighted by Crippen LogP contribution is -2.43. The van der Waals surface area contributed by atoms with Gasteiger partial charge in [0.1, 0.15) is 11.6 Å². The molecule has 1 aromatic heterocycles. The Morgan fingerprint density at radius 2 is 2.00 bits per heavy atom. The molecule has 1 aromatic carbocycles. The van der Waals surface area contributed by atoms with Crippen LogP contribution in [0.3, 0.4) is 0 Å². The fourth-order valence-corrected chi connectivity index (χ4v) is 4.49. The Morgan fingerprint density at radius 1 is 1.27 bits per heavy atom. The summed E-state index contributed by atoms with van der Waals surface area (Å²) in [5.41, 5.74) is 0.840. The number of piperidine rings is 1. The van der Waals surface area contributed by atoms with Crippen molar-refractivity contribution in [2.75, 3.05) is 18.4 Å². The standard InChI is InChI=1S/C18H20FN3O3S/c1-13-4-2-10-20-17(13)21-18(23)14-5-3-11-22(12-14)26(24,25)16-8-6-15(19)7-9-16/h2,4,6-10,14H,3,5,11-12H2,1H3,(H,20,21,23). The zero-order valence-corrected chi connectivity index (χ0v) is 15.2. The Kier molecular flexibility index (Phi) is 5.33. The van der Waals surface area contributed by atoms with E-state index in [1.807, 2.05) is 13.0 Å². The van der Waals surface area contributed by atoms with E-state index in [-0.39, 0.29) is 17.3 Å². The molecule has 0 spiro atoms. The fraction of sp³-hybridized carbons (Fsp3) is 0.333. The third kappa shape index (κ3) is 3.91. The van der Waals surface area contributed by atoms with Gasteiger partial charge in [0.25, 0.3) is 0 Å². The number of anilines is 1. The van der Waals surface area contributed by atoms with E-state index < -0.39 is 21.8 Å². The molecule has 26 heavy (non-hydrogen) atoms. The monoisotopic (exact) mass is 377 g/mol. The van der Waals surface area contributed by atoms with E-state index in [4.69, 9.17) is 0 Å². The van der Waals surface area contributed by atoms with Gasteiger partial charge in [-0.15, -0.1) is 0 Å². The van der Waals surface area contributed by atoms with E-state index in [0.29, 0.717) is 25.2 Å². The van der Waals surface area contributed by atoms with Crippen LogP contribution in [0.25, 0.3) is 0 Å². The number of aromatic nitrogens is 1. The predicted octanol–water partition coefficient (Wildman–Crippen LogP) is 2.57. The van der Waals surface area contributed by atoms with Crippen LogP contribution in [-0.2, 0) is 14.8 Å². The minimum absolute atomic E-state index is 0.0283. The topological polar surface area (TPSA) is 79.4 Å². The molecule has 1 aliphatic heterocycles. The Hall–Kier alpha value is -2.32. The summed E-state index contributed by atoms with van der Waals surface area (Å²) in [4.78, 5) is 16.7. The van der Waals surface area contributed by atoms with Crippen molar-refractivity contribution in [2.45, 2.75) is 24.7 Å². The summed E-state index contributed by atoms with van der Waals surface area (Å²) in [6, 6.07) is 8.34. The predicted molar refractivity (Wildman–Crippen MR) is 95.5 cm³/mol. The zero-order chi connectivity index (χ0) is 18.7. The number of carbonyl (C=O) groups excluding carboxylic acids is 1. The number of hydrogen-bond donors (Lipinski definition) is 1. The average Bonchev–Trinajstić information content (AvgIpc) is 2.64. The molecule has 6 nitrogen and oxygen atoms in total. The minimum atomic E-state index is -3.76. The maximum absolute atomic E-state index is 13.1. The molecule has 1 atom stereocenters. The van der Waals surface area contributed by atoms with E-state index in [1.165, 1.54) is 16.4 Å². The quantitative estimate of drug-likeness (QED) is 0.888. The van der Waals surface area contributed by atoms with Crippen LogP contribution in [-0.4, -0.2) is 36.7 Å². The molecule has 1 N–H and O–H groups in total. The normalized spacial score (nSPS) is 18.5. The molecule has 0 saturated carbocycles. The number of rotatable bonds is 4. The molecule has 3 rings (SSSR count). The van der Waals surface area contributed by atoms with Crippen molar-refractivity contribution < 1.29 is 17.6 Å². The van der Waals surface area contributed by atoms with Crippen LogP contribution in [0.4, 0.5) is 10.2 Å². The summed E-state index contributed by atoms with van der Waals surface area (Å²) < 4.78 is 39.8. The second-order valence-corrected chi connectivity index (χ2v) is 8.25. The van der Waals surface area contributed by atoms with Crippen LogP contribution in [0, 0.1) is 18.7 Å². The number of pyridine rings is 1. The number of nitrogens with one attached hydrogen (secondary N) is 1. The molecule has 0 aliphatic carbocycles. The number of halogens is 1. The molecule has 1 fully saturated rings. The molecule has 138 valence electrons. The lowest BCUT2D eigenvalue weighted by Gasteiger charge is -2.31. The van der Waals surface area contributed by atoms with Gasteiger partial charge in [0.05, 0.1) is 10.8 Å². The van der Waals surface area contributed by atoms with Crippen molar-refractivity contribution in [3.05, 3.63) is 54.0 Å². The maximum atomic E-state index is 13.1. The van der Waals surface area contributed by atoms with E-state index in [0.717, 1.165) is 17.7 Å². The maximum Gasteiger partial charge on any atom is 0.243 e. The second kappa shape index (κ2) is 7.51. The van der Waals surface area contributed by atoms with Crippen molar-refractivity contribution in [3.8, 4) is 0 Å². The first kappa shape index (κ1) is 18.5. The molecule has 1 amide bonds. The minimum Gasteiger partial charge on any atom is -0.310 e. The smallest absolute Gasteiger partial charge is 0.243 e. The number of nitrogens with zero attached hydrogens (tertiary/aromatic N) is 2. The van der Waals surface area contributed by atoms with Crippen LogP contribution in [0.2, 0.25) is 0 Å². The van der Waals surface area contributed by atoms with Crippen molar-refractivity contribution in [1.82, 2.24) is 9.29 Å². The summed E-state index contributed by atoms with van der Waals surface area (Å²) in [5.74, 6) is -0.715. The van der Waals surface area contributed by atoms with Gasteiger partial charge in [-0.25, -0.2) is 17.8 Å². The molecule has 1 saturated heterocycles. The van der Waals surface area contributed by atoms with Crippen LogP contribution in [0.5, 0.6) is 0 Å². The van der Waals surface area contributed by atoms with Gasteiger partial charge in [-0.3, -0.25) is 4.79 Å². The number of hydrogen-bond acceptors (Lipinski definition) is 4. The SMILES string of the molecule is Cc1cccnc1NC(=O)C1CCCN(S(=O)(=O)c2ccc(F)cc2)C1. The van der Waals surface area contributed by atoms with Gasteiger partial charge in [0.2, 0.25) is 15.9 Å². The van der Waals surface area contributed by atoms with Gasteiger partial charge in [-0.2, -0.15) is 4.31 Å². The van der Waals surface area contributed by atoms with Gasteiger partial charge in [-0.05, 0) is 55.7 Å². The van der Waals surface area contributed by atoms with Crippen molar-refractivity contribution in [2.24, 2.45) is 5.92 Å². The lowest BCUT2D eigenvalue weighted by molar-refractivity contribution is -0.120. The number of sulfonamides is 1. The van der Waals surface area contributed by atoms with Crippen LogP contribution in [0.15, 0.2) is 47.5 Å². The Morgan fingerprint density at radius 3 is 2.69 bits per heavy atom. The third-order valence-electron chi connectivity index (χ3n) is 4.46.